The van der Waals surface area contributed by atoms with Gasteiger partial charge in [0.25, 0.3) is 0 Å². The average molecular weight is 455 g/mol. The molecule has 0 saturated carbocycles. The van der Waals surface area contributed by atoms with Crippen LogP contribution in [0.15, 0.2) is 43.5 Å². The number of nitrogens with zero attached hydrogens (tertiary/aromatic N) is 6. The zero-order chi connectivity index (χ0) is 20.1. The first-order chi connectivity index (χ1) is 13.4. The number of benzene rings is 1. The second-order valence-corrected chi connectivity index (χ2v) is 6.93. The molecule has 11 heteroatoms. The van der Waals surface area contributed by atoms with Crippen LogP contribution in [0.4, 0.5) is 8.78 Å². The quantitative estimate of drug-likeness (QED) is 0.383. The van der Waals surface area contributed by atoms with Gasteiger partial charge in [-0.3, -0.25) is 4.79 Å². The second-order valence-electron chi connectivity index (χ2n) is 6.28. The number of hydrogen-bond donors (Lipinski definition) is 0. The summed E-state index contributed by atoms with van der Waals surface area (Å²) >= 11 is 3.24. The number of halogens is 3. The summed E-state index contributed by atoms with van der Waals surface area (Å²) in [6.45, 7) is 1.56. The summed E-state index contributed by atoms with van der Waals surface area (Å²) in [6.07, 6.45) is 5.45. The van der Waals surface area contributed by atoms with Gasteiger partial charge in [0.1, 0.15) is 36.9 Å². The van der Waals surface area contributed by atoms with Crippen LogP contribution in [0.3, 0.4) is 0 Å². The number of alkyl halides is 1. The largest absolute Gasteiger partial charge is 0.450 e. The van der Waals surface area contributed by atoms with Gasteiger partial charge in [-0.2, -0.15) is 10.2 Å². The Labute approximate surface area is 167 Å². The van der Waals surface area contributed by atoms with E-state index in [0.717, 1.165) is 12.1 Å². The van der Waals surface area contributed by atoms with E-state index in [1.165, 1.54) is 40.7 Å². The Morgan fingerprint density at radius 2 is 1.79 bits per heavy atom. The van der Waals surface area contributed by atoms with Gasteiger partial charge in [-0.1, -0.05) is 22.9 Å². The van der Waals surface area contributed by atoms with Gasteiger partial charge in [0, 0.05) is 17.0 Å². The number of ether oxygens (including phenoxy) is 1. The van der Waals surface area contributed by atoms with Gasteiger partial charge >= 0.3 is 5.97 Å². The SMILES string of the molecule is CC(CBr)C(=O)OC(Cn1cncn1)(Cn1cncn1)c1ccc(F)cc1F. The minimum Gasteiger partial charge on any atom is -0.450 e. The second kappa shape index (κ2) is 8.55. The van der Waals surface area contributed by atoms with E-state index in [2.05, 4.69) is 36.1 Å². The summed E-state index contributed by atoms with van der Waals surface area (Å²) in [5.41, 5.74) is -1.57. The lowest BCUT2D eigenvalue weighted by molar-refractivity contribution is -0.169. The van der Waals surface area contributed by atoms with E-state index in [1.54, 1.807) is 6.92 Å². The molecular weight excluding hydrogens is 438 g/mol. The summed E-state index contributed by atoms with van der Waals surface area (Å²) in [6, 6.07) is 3.11. The number of hydrogen-bond acceptors (Lipinski definition) is 6. The Morgan fingerprint density at radius 3 is 2.25 bits per heavy atom. The van der Waals surface area contributed by atoms with Crippen LogP contribution >= 0.6 is 15.9 Å². The van der Waals surface area contributed by atoms with E-state index in [9.17, 15) is 13.6 Å². The van der Waals surface area contributed by atoms with Gasteiger partial charge in [-0.15, -0.1) is 0 Å². The molecule has 0 aliphatic rings. The molecule has 148 valence electrons. The third-order valence-electron chi connectivity index (χ3n) is 4.12. The fourth-order valence-electron chi connectivity index (χ4n) is 2.71. The predicted molar refractivity (Wildman–Crippen MR) is 97.1 cm³/mol. The number of carbonyl (C=O) groups is 1. The molecule has 2 aromatic heterocycles. The summed E-state index contributed by atoms with van der Waals surface area (Å²) in [5, 5.41) is 8.44. The van der Waals surface area contributed by atoms with Gasteiger partial charge < -0.3 is 4.74 Å². The lowest BCUT2D eigenvalue weighted by atomic mass is 9.92. The molecule has 0 aliphatic carbocycles. The summed E-state index contributed by atoms with van der Waals surface area (Å²) in [5.74, 6) is -2.63. The van der Waals surface area contributed by atoms with Crippen LogP contribution in [0.1, 0.15) is 12.5 Å². The average Bonchev–Trinajstić information content (AvgIpc) is 3.34. The molecule has 3 aromatic rings. The molecule has 0 spiro atoms. The lowest BCUT2D eigenvalue weighted by Crippen LogP contribution is -2.43. The van der Waals surface area contributed by atoms with Crippen molar-refractivity contribution in [2.24, 2.45) is 5.92 Å². The third-order valence-corrected chi connectivity index (χ3v) is 5.09. The Morgan fingerprint density at radius 1 is 1.18 bits per heavy atom. The van der Waals surface area contributed by atoms with Gasteiger partial charge in [0.2, 0.25) is 0 Å². The normalized spacial score (nSPS) is 12.7. The number of carbonyl (C=O) groups excluding carboxylic acids is 1. The molecule has 8 nitrogen and oxygen atoms in total. The first-order valence-electron chi connectivity index (χ1n) is 8.33. The van der Waals surface area contributed by atoms with Crippen molar-refractivity contribution in [3.63, 3.8) is 0 Å². The maximum Gasteiger partial charge on any atom is 0.310 e. The highest BCUT2D eigenvalue weighted by Gasteiger charge is 2.41. The molecule has 0 radical (unpaired) electrons. The zero-order valence-corrected chi connectivity index (χ0v) is 16.5. The molecule has 28 heavy (non-hydrogen) atoms. The smallest absolute Gasteiger partial charge is 0.310 e. The molecule has 1 unspecified atom stereocenters. The van der Waals surface area contributed by atoms with Gasteiger partial charge in [0.15, 0.2) is 5.60 Å². The lowest BCUT2D eigenvalue weighted by Gasteiger charge is -2.34. The number of esters is 1. The summed E-state index contributed by atoms with van der Waals surface area (Å²) in [4.78, 5) is 20.4. The highest BCUT2D eigenvalue weighted by atomic mass is 79.9. The first kappa shape index (κ1) is 20.1. The van der Waals surface area contributed by atoms with Crippen molar-refractivity contribution >= 4 is 21.9 Å². The van der Waals surface area contributed by atoms with Crippen molar-refractivity contribution in [1.29, 1.82) is 0 Å². The molecule has 1 aromatic carbocycles. The molecule has 0 bridgehead atoms. The minimum absolute atomic E-state index is 0.00461. The standard InChI is InChI=1S/C17H17BrF2N6O2/c1-12(5-18)16(27)28-17(6-25-10-21-8-23-25,7-26-11-22-9-24-26)14-3-2-13(19)4-15(14)20/h2-4,8-12H,5-7H2,1H3. The molecule has 0 amide bonds. The van der Waals surface area contributed by atoms with Crippen LogP contribution in [-0.4, -0.2) is 40.8 Å². The fraction of sp³-hybridized carbons (Fsp3) is 0.353. The predicted octanol–water partition coefficient (Wildman–Crippen LogP) is 2.32. The van der Waals surface area contributed by atoms with Crippen LogP contribution < -0.4 is 0 Å². The number of aromatic nitrogens is 6. The van der Waals surface area contributed by atoms with E-state index in [1.807, 2.05) is 0 Å². The van der Waals surface area contributed by atoms with Gasteiger partial charge in [-0.25, -0.2) is 28.1 Å². The van der Waals surface area contributed by atoms with E-state index in [4.69, 9.17) is 4.74 Å². The van der Waals surface area contributed by atoms with Crippen molar-refractivity contribution in [1.82, 2.24) is 29.5 Å². The van der Waals surface area contributed by atoms with Crippen molar-refractivity contribution < 1.29 is 18.3 Å². The zero-order valence-electron chi connectivity index (χ0n) is 14.9. The Hall–Kier alpha value is -2.69. The van der Waals surface area contributed by atoms with Crippen molar-refractivity contribution in [2.45, 2.75) is 25.6 Å². The third kappa shape index (κ3) is 4.41. The van der Waals surface area contributed by atoms with E-state index >= 15 is 0 Å². The van der Waals surface area contributed by atoms with Crippen LogP contribution in [0.5, 0.6) is 0 Å². The topological polar surface area (TPSA) is 87.7 Å². The first-order valence-corrected chi connectivity index (χ1v) is 9.45. The van der Waals surface area contributed by atoms with Gasteiger partial charge in [-0.05, 0) is 12.1 Å². The molecule has 0 aliphatic heterocycles. The van der Waals surface area contributed by atoms with Crippen molar-refractivity contribution in [3.8, 4) is 0 Å². The van der Waals surface area contributed by atoms with Crippen LogP contribution in [0, 0.1) is 17.6 Å². The molecule has 0 saturated heterocycles. The summed E-state index contributed by atoms with van der Waals surface area (Å²) < 4.78 is 37.0. The molecular formula is C17H17BrF2N6O2. The molecule has 0 fully saturated rings. The maximum atomic E-state index is 14.8. The molecule has 2 heterocycles. The molecule has 0 N–H and O–H groups in total. The number of rotatable bonds is 8. The highest BCUT2D eigenvalue weighted by molar-refractivity contribution is 9.09. The minimum atomic E-state index is -1.56. The Kier molecular flexibility index (Phi) is 6.12. The van der Waals surface area contributed by atoms with Crippen LogP contribution in [0.25, 0.3) is 0 Å². The van der Waals surface area contributed by atoms with Crippen molar-refractivity contribution in [3.05, 3.63) is 60.7 Å². The van der Waals surface area contributed by atoms with E-state index < -0.39 is 29.1 Å². The maximum absolute atomic E-state index is 14.8. The Bertz CT molecular complexity index is 884. The fourth-order valence-corrected chi connectivity index (χ4v) is 2.97. The van der Waals surface area contributed by atoms with E-state index in [-0.39, 0.29) is 18.7 Å². The Balaban J connectivity index is 2.12. The van der Waals surface area contributed by atoms with Crippen LogP contribution in [-0.2, 0) is 28.2 Å². The molecule has 1 atom stereocenters. The monoisotopic (exact) mass is 454 g/mol. The van der Waals surface area contributed by atoms with Crippen molar-refractivity contribution in [2.75, 3.05) is 5.33 Å². The highest BCUT2D eigenvalue weighted by Crippen LogP contribution is 2.33. The van der Waals surface area contributed by atoms with Crippen LogP contribution in [0.2, 0.25) is 0 Å². The van der Waals surface area contributed by atoms with E-state index in [0.29, 0.717) is 5.33 Å². The molecule has 3 rings (SSSR count). The van der Waals surface area contributed by atoms with Gasteiger partial charge in [0.05, 0.1) is 19.0 Å². The summed E-state index contributed by atoms with van der Waals surface area (Å²) in [7, 11) is 0.